The van der Waals surface area contributed by atoms with E-state index in [0.717, 1.165) is 0 Å². The minimum Gasteiger partial charge on any atom is -0.480 e. The van der Waals surface area contributed by atoms with Crippen LogP contribution in [0.2, 0.25) is 0 Å². The van der Waals surface area contributed by atoms with Gasteiger partial charge in [0.1, 0.15) is 0 Å². The normalized spacial score (nSPS) is 27.0. The van der Waals surface area contributed by atoms with Crippen molar-refractivity contribution in [1.82, 2.24) is 4.90 Å². The minimum atomic E-state index is -2.04. The van der Waals surface area contributed by atoms with E-state index in [1.54, 1.807) is 4.90 Å². The van der Waals surface area contributed by atoms with Gasteiger partial charge in [0.2, 0.25) is 0 Å². The summed E-state index contributed by atoms with van der Waals surface area (Å²) in [4.78, 5) is 11.9. The average Bonchev–Trinajstić information content (AvgIpc) is 2.03. The quantitative estimate of drug-likeness (QED) is 0.577. The summed E-state index contributed by atoms with van der Waals surface area (Å²) in [5.41, 5.74) is -0.784. The first-order valence-electron chi connectivity index (χ1n) is 3.75. The van der Waals surface area contributed by atoms with Crippen LogP contribution in [0.1, 0.15) is 0 Å². The molecule has 0 bridgehead atoms. The summed E-state index contributed by atoms with van der Waals surface area (Å²) in [6, 6.07) is 0. The number of rotatable bonds is 3. The lowest BCUT2D eigenvalue weighted by Gasteiger charge is -2.29. The molecule has 1 saturated heterocycles. The van der Waals surface area contributed by atoms with E-state index in [9.17, 15) is 9.00 Å². The number of nitrogens with zero attached hydrogens (tertiary/aromatic N) is 1. The molecular formula is C6H11NO5S. The Kier molecular flexibility index (Phi) is 3.79. The second-order valence-electron chi connectivity index (χ2n) is 2.71. The third-order valence-electron chi connectivity index (χ3n) is 1.70. The molecule has 1 fully saturated rings. The van der Waals surface area contributed by atoms with Gasteiger partial charge >= 0.3 is 5.97 Å². The van der Waals surface area contributed by atoms with Gasteiger partial charge in [0.15, 0.2) is 16.5 Å². The maximum atomic E-state index is 10.6. The Hall–Kier alpha value is -0.500. The van der Waals surface area contributed by atoms with Crippen molar-refractivity contribution in [1.29, 1.82) is 0 Å². The van der Waals surface area contributed by atoms with Crippen LogP contribution in [0.5, 0.6) is 0 Å². The molecule has 7 heteroatoms. The molecule has 6 nitrogen and oxygen atoms in total. The number of hydrogen-bond acceptors (Lipinski definition) is 4. The zero-order valence-corrected chi connectivity index (χ0v) is 7.70. The Morgan fingerprint density at radius 1 is 1.69 bits per heavy atom. The van der Waals surface area contributed by atoms with Gasteiger partial charge in [-0.1, -0.05) is 0 Å². The van der Waals surface area contributed by atoms with Gasteiger partial charge in [-0.05, 0) is 0 Å². The summed E-state index contributed by atoms with van der Waals surface area (Å²) in [6.07, 6.45) is 0. The largest absolute Gasteiger partial charge is 0.480 e. The average molecular weight is 209 g/mol. The van der Waals surface area contributed by atoms with E-state index in [0.29, 0.717) is 13.2 Å². The van der Waals surface area contributed by atoms with Crippen LogP contribution in [-0.2, 0) is 20.6 Å². The number of aliphatic carboxylic acids is 1. The number of carboxylic acids is 1. The molecule has 2 atom stereocenters. The van der Waals surface area contributed by atoms with Gasteiger partial charge in [-0.25, -0.2) is 4.21 Å². The van der Waals surface area contributed by atoms with E-state index in [1.807, 2.05) is 0 Å². The van der Waals surface area contributed by atoms with Crippen molar-refractivity contribution in [2.45, 2.75) is 5.44 Å². The second kappa shape index (κ2) is 4.66. The molecule has 1 rings (SSSR count). The monoisotopic (exact) mass is 209 g/mol. The third kappa shape index (κ3) is 3.39. The molecular weight excluding hydrogens is 198 g/mol. The Labute approximate surface area is 77.8 Å². The molecule has 76 valence electrons. The number of ether oxygens (including phenoxy) is 1. The summed E-state index contributed by atoms with van der Waals surface area (Å²) < 4.78 is 24.3. The van der Waals surface area contributed by atoms with E-state index in [2.05, 4.69) is 0 Å². The molecule has 0 aromatic carbocycles. The first kappa shape index (κ1) is 10.6. The smallest absolute Gasteiger partial charge is 0.317 e. The predicted molar refractivity (Wildman–Crippen MR) is 44.6 cm³/mol. The molecule has 0 amide bonds. The zero-order chi connectivity index (χ0) is 9.84. The topological polar surface area (TPSA) is 87.1 Å². The van der Waals surface area contributed by atoms with E-state index < -0.39 is 22.5 Å². The van der Waals surface area contributed by atoms with Crippen LogP contribution in [0.25, 0.3) is 0 Å². The standard InChI is InChI=1S/C6H11NO5S/c8-5(9)3-7-1-2-12-6(4-7)13(10)11/h6H,1-4H2,(H,8,9)(H,10,11)/t6-/m1/s1. The fourth-order valence-electron chi connectivity index (χ4n) is 1.12. The molecule has 0 aliphatic carbocycles. The van der Waals surface area contributed by atoms with Crippen molar-refractivity contribution >= 4 is 17.0 Å². The van der Waals surface area contributed by atoms with Crippen LogP contribution in [0.3, 0.4) is 0 Å². The lowest BCUT2D eigenvalue weighted by atomic mass is 10.4. The van der Waals surface area contributed by atoms with Crippen molar-refractivity contribution in [2.75, 3.05) is 26.2 Å². The van der Waals surface area contributed by atoms with Crippen molar-refractivity contribution in [3.63, 3.8) is 0 Å². The van der Waals surface area contributed by atoms with Crippen LogP contribution < -0.4 is 0 Å². The van der Waals surface area contributed by atoms with Crippen LogP contribution in [0, 0.1) is 0 Å². The Balaban J connectivity index is 2.41. The molecule has 0 saturated carbocycles. The van der Waals surface area contributed by atoms with E-state index in [1.165, 1.54) is 0 Å². The molecule has 1 heterocycles. The molecule has 0 aromatic heterocycles. The molecule has 0 spiro atoms. The van der Waals surface area contributed by atoms with Gasteiger partial charge in [-0.15, -0.1) is 0 Å². The first-order chi connectivity index (χ1) is 6.09. The Morgan fingerprint density at radius 3 is 2.92 bits per heavy atom. The van der Waals surface area contributed by atoms with Gasteiger partial charge in [-0.3, -0.25) is 9.69 Å². The summed E-state index contributed by atoms with van der Waals surface area (Å²) in [5, 5.41) is 8.47. The summed E-state index contributed by atoms with van der Waals surface area (Å²) >= 11 is -2.04. The van der Waals surface area contributed by atoms with Gasteiger partial charge in [0.05, 0.1) is 13.2 Å². The molecule has 13 heavy (non-hydrogen) atoms. The lowest BCUT2D eigenvalue weighted by molar-refractivity contribution is -0.139. The molecule has 1 aliphatic rings. The SMILES string of the molecule is O=C(O)CN1CCO[C@H](S(=O)O)C1. The van der Waals surface area contributed by atoms with Crippen molar-refractivity contribution in [2.24, 2.45) is 0 Å². The van der Waals surface area contributed by atoms with E-state index >= 15 is 0 Å². The molecule has 0 radical (unpaired) electrons. The molecule has 2 N–H and O–H groups in total. The highest BCUT2D eigenvalue weighted by molar-refractivity contribution is 7.79. The van der Waals surface area contributed by atoms with E-state index in [4.69, 9.17) is 14.4 Å². The first-order valence-corrected chi connectivity index (χ1v) is 4.92. The van der Waals surface area contributed by atoms with Crippen molar-refractivity contribution < 1.29 is 23.4 Å². The Bertz CT molecular complexity index is 221. The number of morpholine rings is 1. The Morgan fingerprint density at radius 2 is 2.38 bits per heavy atom. The summed E-state index contributed by atoms with van der Waals surface area (Å²) in [6.45, 7) is 0.858. The fourth-order valence-corrected chi connectivity index (χ4v) is 1.68. The lowest BCUT2D eigenvalue weighted by Crippen LogP contribution is -2.46. The minimum absolute atomic E-state index is 0.114. The molecule has 1 unspecified atom stereocenters. The third-order valence-corrected chi connectivity index (χ3v) is 2.44. The summed E-state index contributed by atoms with van der Waals surface area (Å²) in [5.74, 6) is -0.940. The number of carboxylic acid groups (broad SMARTS) is 1. The second-order valence-corrected chi connectivity index (χ2v) is 3.78. The molecule has 0 aromatic rings. The van der Waals surface area contributed by atoms with Crippen molar-refractivity contribution in [3.8, 4) is 0 Å². The highest BCUT2D eigenvalue weighted by Crippen LogP contribution is 2.06. The molecule has 1 aliphatic heterocycles. The van der Waals surface area contributed by atoms with Gasteiger partial charge in [-0.2, -0.15) is 0 Å². The highest BCUT2D eigenvalue weighted by atomic mass is 32.2. The van der Waals surface area contributed by atoms with Crippen LogP contribution in [0.15, 0.2) is 0 Å². The van der Waals surface area contributed by atoms with Gasteiger partial charge < -0.3 is 14.4 Å². The number of carbonyl (C=O) groups is 1. The van der Waals surface area contributed by atoms with Gasteiger partial charge in [0, 0.05) is 13.1 Å². The van der Waals surface area contributed by atoms with Crippen molar-refractivity contribution in [3.05, 3.63) is 0 Å². The number of hydrogen-bond donors (Lipinski definition) is 2. The van der Waals surface area contributed by atoms with Crippen LogP contribution in [0.4, 0.5) is 0 Å². The van der Waals surface area contributed by atoms with Gasteiger partial charge in [0.25, 0.3) is 0 Å². The maximum absolute atomic E-state index is 10.6. The summed E-state index contributed by atoms with van der Waals surface area (Å²) in [7, 11) is 0. The maximum Gasteiger partial charge on any atom is 0.317 e. The van der Waals surface area contributed by atoms with Crippen LogP contribution >= 0.6 is 0 Å². The van der Waals surface area contributed by atoms with E-state index in [-0.39, 0.29) is 13.1 Å². The highest BCUT2D eigenvalue weighted by Gasteiger charge is 2.25. The van der Waals surface area contributed by atoms with Crippen LogP contribution in [-0.4, -0.2) is 56.4 Å². The fraction of sp³-hybridized carbons (Fsp3) is 0.833. The predicted octanol–water partition coefficient (Wildman–Crippen LogP) is -1.05. The zero-order valence-electron chi connectivity index (χ0n) is 6.88.